The Labute approximate surface area is 106 Å². The van der Waals surface area contributed by atoms with E-state index in [4.69, 9.17) is 0 Å². The fraction of sp³-hybridized carbons (Fsp3) is 0.625. The molecule has 2 rings (SSSR count). The van der Waals surface area contributed by atoms with Crippen LogP contribution in [0, 0.1) is 5.92 Å². The SMILES string of the molecule is CNC(CC1CC1)c1ccccc1C(C)(C)C. The molecule has 0 heterocycles. The van der Waals surface area contributed by atoms with Crippen molar-refractivity contribution in [2.75, 3.05) is 7.05 Å². The molecule has 1 unspecified atom stereocenters. The van der Waals surface area contributed by atoms with Crippen LogP contribution in [0.3, 0.4) is 0 Å². The molecule has 0 saturated heterocycles. The Balaban J connectivity index is 2.28. The van der Waals surface area contributed by atoms with Crippen LogP contribution in [0.25, 0.3) is 0 Å². The molecule has 1 saturated carbocycles. The summed E-state index contributed by atoms with van der Waals surface area (Å²) in [5, 5.41) is 3.50. The fourth-order valence-corrected chi connectivity index (χ4v) is 2.57. The lowest BCUT2D eigenvalue weighted by Gasteiger charge is -2.27. The standard InChI is InChI=1S/C16H25N/c1-16(2,3)14-8-6-5-7-13(14)15(17-4)11-12-9-10-12/h5-8,12,15,17H,9-11H2,1-4H3. The van der Waals surface area contributed by atoms with Gasteiger partial charge in [-0.05, 0) is 35.9 Å². The van der Waals surface area contributed by atoms with E-state index >= 15 is 0 Å². The van der Waals surface area contributed by atoms with Crippen LogP contribution >= 0.6 is 0 Å². The van der Waals surface area contributed by atoms with E-state index < -0.39 is 0 Å². The Kier molecular flexibility index (Phi) is 3.58. The first kappa shape index (κ1) is 12.6. The zero-order chi connectivity index (χ0) is 12.5. The number of hydrogen-bond donors (Lipinski definition) is 1. The van der Waals surface area contributed by atoms with Gasteiger partial charge in [0, 0.05) is 6.04 Å². The number of nitrogens with one attached hydrogen (secondary N) is 1. The van der Waals surface area contributed by atoms with Crippen molar-refractivity contribution in [1.82, 2.24) is 5.32 Å². The summed E-state index contributed by atoms with van der Waals surface area (Å²) < 4.78 is 0. The van der Waals surface area contributed by atoms with Gasteiger partial charge in [0.05, 0.1) is 0 Å². The summed E-state index contributed by atoms with van der Waals surface area (Å²) in [6.45, 7) is 6.90. The van der Waals surface area contributed by atoms with Gasteiger partial charge in [0.1, 0.15) is 0 Å². The average Bonchev–Trinajstić information content (AvgIpc) is 3.08. The lowest BCUT2D eigenvalue weighted by molar-refractivity contribution is 0.493. The van der Waals surface area contributed by atoms with Gasteiger partial charge in [0.25, 0.3) is 0 Å². The minimum absolute atomic E-state index is 0.231. The summed E-state index contributed by atoms with van der Waals surface area (Å²) in [5.74, 6) is 0.959. The van der Waals surface area contributed by atoms with Crippen LogP contribution in [0.1, 0.15) is 57.2 Å². The zero-order valence-electron chi connectivity index (χ0n) is 11.6. The molecule has 1 aromatic rings. The third kappa shape index (κ3) is 3.10. The average molecular weight is 231 g/mol. The van der Waals surface area contributed by atoms with Crippen molar-refractivity contribution in [3.05, 3.63) is 35.4 Å². The molecule has 1 aliphatic carbocycles. The molecule has 0 aromatic heterocycles. The van der Waals surface area contributed by atoms with Crippen molar-refractivity contribution < 1.29 is 0 Å². The maximum absolute atomic E-state index is 3.50. The first-order valence-electron chi connectivity index (χ1n) is 6.79. The van der Waals surface area contributed by atoms with Crippen LogP contribution in [0.4, 0.5) is 0 Å². The molecule has 0 amide bonds. The molecular formula is C16H25N. The molecule has 94 valence electrons. The Morgan fingerprint density at radius 2 is 1.88 bits per heavy atom. The van der Waals surface area contributed by atoms with Crippen LogP contribution in [-0.2, 0) is 5.41 Å². The maximum Gasteiger partial charge on any atom is 0.0323 e. The first-order chi connectivity index (χ1) is 8.02. The van der Waals surface area contributed by atoms with Gasteiger partial charge in [0.15, 0.2) is 0 Å². The molecule has 0 radical (unpaired) electrons. The van der Waals surface area contributed by atoms with Crippen molar-refractivity contribution in [2.24, 2.45) is 5.92 Å². The van der Waals surface area contributed by atoms with E-state index in [2.05, 4.69) is 57.4 Å². The molecule has 0 bridgehead atoms. The van der Waals surface area contributed by atoms with Gasteiger partial charge in [-0.25, -0.2) is 0 Å². The van der Waals surface area contributed by atoms with Crippen LogP contribution in [0.2, 0.25) is 0 Å². The number of benzene rings is 1. The second-order valence-corrected chi connectivity index (χ2v) is 6.36. The highest BCUT2D eigenvalue weighted by Crippen LogP contribution is 2.39. The maximum atomic E-state index is 3.50. The second-order valence-electron chi connectivity index (χ2n) is 6.36. The molecule has 17 heavy (non-hydrogen) atoms. The summed E-state index contributed by atoms with van der Waals surface area (Å²) in [6, 6.07) is 9.44. The molecule has 1 fully saturated rings. The first-order valence-corrected chi connectivity index (χ1v) is 6.79. The van der Waals surface area contributed by atoms with Crippen molar-refractivity contribution in [1.29, 1.82) is 0 Å². The van der Waals surface area contributed by atoms with Crippen molar-refractivity contribution in [3.8, 4) is 0 Å². The summed E-state index contributed by atoms with van der Waals surface area (Å²) in [4.78, 5) is 0. The van der Waals surface area contributed by atoms with Gasteiger partial charge in [-0.2, -0.15) is 0 Å². The van der Waals surface area contributed by atoms with E-state index in [1.54, 1.807) is 0 Å². The van der Waals surface area contributed by atoms with Crippen LogP contribution in [0.5, 0.6) is 0 Å². The quantitative estimate of drug-likeness (QED) is 0.824. The van der Waals surface area contributed by atoms with Gasteiger partial charge in [0.2, 0.25) is 0 Å². The molecule has 1 heteroatoms. The normalized spacial score (nSPS) is 18.1. The third-order valence-corrected chi connectivity index (χ3v) is 3.76. The van der Waals surface area contributed by atoms with Gasteiger partial charge in [-0.15, -0.1) is 0 Å². The largest absolute Gasteiger partial charge is 0.313 e. The zero-order valence-corrected chi connectivity index (χ0v) is 11.6. The summed E-state index contributed by atoms with van der Waals surface area (Å²) in [7, 11) is 2.09. The van der Waals surface area contributed by atoms with E-state index in [1.165, 1.54) is 30.4 Å². The summed E-state index contributed by atoms with van der Waals surface area (Å²) in [5.41, 5.74) is 3.21. The fourth-order valence-electron chi connectivity index (χ4n) is 2.57. The van der Waals surface area contributed by atoms with Gasteiger partial charge >= 0.3 is 0 Å². The number of hydrogen-bond acceptors (Lipinski definition) is 1. The lowest BCUT2D eigenvalue weighted by atomic mass is 9.81. The molecule has 1 atom stereocenters. The highest BCUT2D eigenvalue weighted by molar-refractivity contribution is 5.35. The highest BCUT2D eigenvalue weighted by Gasteiger charge is 2.28. The van der Waals surface area contributed by atoms with E-state index in [1.807, 2.05) is 0 Å². The Morgan fingerprint density at radius 1 is 1.24 bits per heavy atom. The van der Waals surface area contributed by atoms with E-state index in [0.29, 0.717) is 6.04 Å². The van der Waals surface area contributed by atoms with Crippen LogP contribution < -0.4 is 5.32 Å². The summed E-state index contributed by atoms with van der Waals surface area (Å²) in [6.07, 6.45) is 4.15. The molecular weight excluding hydrogens is 206 g/mol. The minimum atomic E-state index is 0.231. The Morgan fingerprint density at radius 3 is 2.41 bits per heavy atom. The smallest absolute Gasteiger partial charge is 0.0323 e. The second kappa shape index (κ2) is 4.81. The Bertz CT molecular complexity index is 371. The number of rotatable bonds is 4. The predicted molar refractivity (Wildman–Crippen MR) is 74.3 cm³/mol. The van der Waals surface area contributed by atoms with Gasteiger partial charge in [-0.3, -0.25) is 0 Å². The van der Waals surface area contributed by atoms with E-state index in [0.717, 1.165) is 5.92 Å². The molecule has 0 spiro atoms. The van der Waals surface area contributed by atoms with E-state index in [9.17, 15) is 0 Å². The summed E-state index contributed by atoms with van der Waals surface area (Å²) >= 11 is 0. The Hall–Kier alpha value is -0.820. The highest BCUT2D eigenvalue weighted by atomic mass is 14.9. The molecule has 1 aliphatic rings. The van der Waals surface area contributed by atoms with Gasteiger partial charge in [-0.1, -0.05) is 57.9 Å². The van der Waals surface area contributed by atoms with E-state index in [-0.39, 0.29) is 5.41 Å². The topological polar surface area (TPSA) is 12.0 Å². The predicted octanol–water partition coefficient (Wildman–Crippen LogP) is 4.04. The molecule has 1 aromatic carbocycles. The monoisotopic (exact) mass is 231 g/mol. The van der Waals surface area contributed by atoms with Gasteiger partial charge < -0.3 is 5.32 Å². The molecule has 1 N–H and O–H groups in total. The minimum Gasteiger partial charge on any atom is -0.313 e. The van der Waals surface area contributed by atoms with Crippen molar-refractivity contribution in [2.45, 2.75) is 51.5 Å². The van der Waals surface area contributed by atoms with Crippen LogP contribution in [0.15, 0.2) is 24.3 Å². The molecule has 0 aliphatic heterocycles. The van der Waals surface area contributed by atoms with Crippen molar-refractivity contribution >= 4 is 0 Å². The third-order valence-electron chi connectivity index (χ3n) is 3.76. The van der Waals surface area contributed by atoms with Crippen molar-refractivity contribution in [3.63, 3.8) is 0 Å². The molecule has 1 nitrogen and oxygen atoms in total. The lowest BCUT2D eigenvalue weighted by Crippen LogP contribution is -2.23. The van der Waals surface area contributed by atoms with Crippen LogP contribution in [-0.4, -0.2) is 7.05 Å².